The Morgan fingerprint density at radius 3 is 2.35 bits per heavy atom. The number of benzene rings is 2. The molecule has 1 aliphatic heterocycles. The van der Waals surface area contributed by atoms with Crippen LogP contribution in [0.5, 0.6) is 0 Å². The van der Waals surface area contributed by atoms with Gasteiger partial charge in [-0.25, -0.2) is 0 Å². The highest BCUT2D eigenvalue weighted by Crippen LogP contribution is 2.44. The van der Waals surface area contributed by atoms with Gasteiger partial charge >= 0.3 is 6.18 Å². The molecule has 0 saturated heterocycles. The van der Waals surface area contributed by atoms with Gasteiger partial charge in [0.15, 0.2) is 0 Å². The molecule has 0 atom stereocenters. The first-order valence-corrected chi connectivity index (χ1v) is 11.9. The van der Waals surface area contributed by atoms with Crippen molar-refractivity contribution in [1.82, 2.24) is 0 Å². The van der Waals surface area contributed by atoms with E-state index in [1.807, 2.05) is 0 Å². The van der Waals surface area contributed by atoms with Crippen LogP contribution < -0.4 is 11.1 Å². The number of anilines is 1. The van der Waals surface area contributed by atoms with E-state index >= 15 is 0 Å². The van der Waals surface area contributed by atoms with Crippen LogP contribution in [0.3, 0.4) is 0 Å². The molecular weight excluding hydrogens is 433 g/mol. The van der Waals surface area contributed by atoms with Crippen molar-refractivity contribution in [2.45, 2.75) is 65.0 Å². The molecule has 34 heavy (non-hydrogen) atoms. The summed E-state index contributed by atoms with van der Waals surface area (Å²) < 4.78 is 39.5. The van der Waals surface area contributed by atoms with Crippen LogP contribution in [0.25, 0.3) is 11.6 Å². The smallest absolute Gasteiger partial charge is 0.405 e. The van der Waals surface area contributed by atoms with Crippen LogP contribution in [0.15, 0.2) is 60.4 Å². The fourth-order valence-corrected chi connectivity index (χ4v) is 4.85. The Bertz CT molecular complexity index is 1150. The van der Waals surface area contributed by atoms with Crippen molar-refractivity contribution < 1.29 is 13.2 Å². The van der Waals surface area contributed by atoms with Gasteiger partial charge in [-0.3, -0.25) is 0 Å². The van der Waals surface area contributed by atoms with Gasteiger partial charge < -0.3 is 11.1 Å². The van der Waals surface area contributed by atoms with E-state index in [2.05, 4.69) is 50.0 Å². The molecule has 1 saturated carbocycles. The SMILES string of the molecule is C=C1CCc2ccc(/C=C3\CC(C)(C)Cc4cc(C(F)(F)F)ccc43)cc2N1.NC=C1CCC1. The Morgan fingerprint density at radius 2 is 1.74 bits per heavy atom. The molecule has 180 valence electrons. The number of alkyl halides is 3. The number of hydrogen-bond donors (Lipinski definition) is 2. The highest BCUT2D eigenvalue weighted by Gasteiger charge is 2.34. The number of aryl methyl sites for hydroxylation is 1. The largest absolute Gasteiger partial charge is 0.416 e. The molecule has 1 heterocycles. The second-order valence-corrected chi connectivity index (χ2v) is 10.4. The molecule has 3 N–H and O–H groups in total. The van der Waals surface area contributed by atoms with Crippen LogP contribution in [0, 0.1) is 5.41 Å². The second kappa shape index (κ2) is 9.36. The van der Waals surface area contributed by atoms with Gasteiger partial charge in [0, 0.05) is 11.4 Å². The van der Waals surface area contributed by atoms with Crippen molar-refractivity contribution >= 4 is 17.3 Å². The number of allylic oxidation sites excluding steroid dienone is 3. The normalized spacial score (nSPS) is 19.7. The summed E-state index contributed by atoms with van der Waals surface area (Å²) in [4.78, 5) is 0. The molecule has 0 aromatic heterocycles. The van der Waals surface area contributed by atoms with Crippen LogP contribution in [-0.2, 0) is 19.0 Å². The second-order valence-electron chi connectivity index (χ2n) is 10.4. The zero-order chi connectivity index (χ0) is 24.5. The third kappa shape index (κ3) is 5.57. The number of rotatable bonds is 1. The first kappa shape index (κ1) is 24.2. The van der Waals surface area contributed by atoms with Crippen molar-refractivity contribution in [3.8, 4) is 0 Å². The first-order valence-electron chi connectivity index (χ1n) is 11.9. The molecular formula is C29H33F3N2. The molecule has 1 fully saturated rings. The van der Waals surface area contributed by atoms with Crippen LogP contribution in [0.1, 0.15) is 73.8 Å². The van der Waals surface area contributed by atoms with E-state index in [0.29, 0.717) is 6.42 Å². The zero-order valence-corrected chi connectivity index (χ0v) is 20.0. The van der Waals surface area contributed by atoms with Crippen molar-refractivity contribution in [2.24, 2.45) is 11.1 Å². The summed E-state index contributed by atoms with van der Waals surface area (Å²) in [5.74, 6) is 0. The summed E-state index contributed by atoms with van der Waals surface area (Å²) in [5.41, 5.74) is 13.2. The summed E-state index contributed by atoms with van der Waals surface area (Å²) in [6.45, 7) is 8.24. The molecule has 0 bridgehead atoms. The molecule has 2 nitrogen and oxygen atoms in total. The van der Waals surface area contributed by atoms with Crippen LogP contribution >= 0.6 is 0 Å². The van der Waals surface area contributed by atoms with Gasteiger partial charge in [-0.05, 0) is 103 Å². The number of nitrogens with two attached hydrogens (primary N) is 1. The van der Waals surface area contributed by atoms with E-state index < -0.39 is 11.7 Å². The van der Waals surface area contributed by atoms with E-state index in [0.717, 1.165) is 52.9 Å². The lowest BCUT2D eigenvalue weighted by molar-refractivity contribution is -0.137. The Morgan fingerprint density at radius 1 is 0.971 bits per heavy atom. The van der Waals surface area contributed by atoms with E-state index in [1.165, 1.54) is 42.5 Å². The summed E-state index contributed by atoms with van der Waals surface area (Å²) in [7, 11) is 0. The topological polar surface area (TPSA) is 38.0 Å². The average Bonchev–Trinajstić information content (AvgIpc) is 2.71. The predicted molar refractivity (Wildman–Crippen MR) is 135 cm³/mol. The third-order valence-electron chi connectivity index (χ3n) is 6.83. The van der Waals surface area contributed by atoms with E-state index in [9.17, 15) is 13.2 Å². The summed E-state index contributed by atoms with van der Waals surface area (Å²) in [6, 6.07) is 10.5. The fourth-order valence-electron chi connectivity index (χ4n) is 4.85. The monoisotopic (exact) mass is 466 g/mol. The molecule has 2 aliphatic carbocycles. The molecule has 0 amide bonds. The lowest BCUT2D eigenvalue weighted by Gasteiger charge is -2.34. The zero-order valence-electron chi connectivity index (χ0n) is 20.0. The molecule has 5 rings (SSSR count). The fraction of sp³-hybridized carbons (Fsp3) is 0.379. The quantitative estimate of drug-likeness (QED) is 0.445. The van der Waals surface area contributed by atoms with Gasteiger partial charge in [0.25, 0.3) is 0 Å². The van der Waals surface area contributed by atoms with E-state index in [4.69, 9.17) is 5.73 Å². The highest BCUT2D eigenvalue weighted by molar-refractivity contribution is 5.85. The van der Waals surface area contributed by atoms with Gasteiger partial charge in [-0.1, -0.05) is 50.3 Å². The third-order valence-corrected chi connectivity index (χ3v) is 6.83. The molecule has 3 aliphatic rings. The molecule has 0 radical (unpaired) electrons. The number of hydrogen-bond acceptors (Lipinski definition) is 2. The summed E-state index contributed by atoms with van der Waals surface area (Å²) >= 11 is 0. The lowest BCUT2D eigenvalue weighted by Crippen LogP contribution is -2.22. The van der Waals surface area contributed by atoms with Gasteiger partial charge in [-0.15, -0.1) is 0 Å². The average molecular weight is 467 g/mol. The van der Waals surface area contributed by atoms with Gasteiger partial charge in [-0.2, -0.15) is 13.2 Å². The van der Waals surface area contributed by atoms with Crippen LogP contribution in [0.2, 0.25) is 0 Å². The minimum absolute atomic E-state index is 0.0796. The maximum atomic E-state index is 13.2. The Hall–Kier alpha value is -2.95. The van der Waals surface area contributed by atoms with E-state index in [1.54, 1.807) is 12.3 Å². The molecule has 0 spiro atoms. The standard InChI is InChI=1S/C24H24F3N.C5H9N/c1-15-4-6-17-7-5-16(11-22(17)28-15)10-18-13-23(2,3)14-19-12-20(24(25,26)27)8-9-21(18)19;6-4-5-2-1-3-5/h5,7-12,28H,1,4,6,13-14H2,2-3H3;4H,1-3,6H2/b18-10+;. The molecule has 2 aromatic rings. The van der Waals surface area contributed by atoms with Crippen LogP contribution in [-0.4, -0.2) is 0 Å². The van der Waals surface area contributed by atoms with Gasteiger partial charge in [0.05, 0.1) is 5.56 Å². The Kier molecular flexibility index (Phi) is 6.66. The number of fused-ring (bicyclic) bond motifs is 2. The Balaban J connectivity index is 0.000000398. The van der Waals surface area contributed by atoms with Crippen molar-refractivity contribution in [3.63, 3.8) is 0 Å². The molecule has 2 aromatic carbocycles. The number of halogens is 3. The maximum absolute atomic E-state index is 13.2. The van der Waals surface area contributed by atoms with E-state index in [-0.39, 0.29) is 5.41 Å². The molecule has 0 unspecified atom stereocenters. The predicted octanol–water partition coefficient (Wildman–Crippen LogP) is 8.10. The first-order chi connectivity index (χ1) is 16.0. The summed E-state index contributed by atoms with van der Waals surface area (Å²) in [5, 5.41) is 3.35. The lowest BCUT2D eigenvalue weighted by atomic mass is 9.71. The minimum atomic E-state index is -4.31. The van der Waals surface area contributed by atoms with Crippen molar-refractivity contribution in [2.75, 3.05) is 5.32 Å². The molecule has 5 heteroatoms. The minimum Gasteiger partial charge on any atom is -0.405 e. The van der Waals surface area contributed by atoms with Gasteiger partial charge in [0.1, 0.15) is 0 Å². The van der Waals surface area contributed by atoms with Crippen LogP contribution in [0.4, 0.5) is 18.9 Å². The summed E-state index contributed by atoms with van der Waals surface area (Å²) in [6.07, 6.45) is 6.78. The van der Waals surface area contributed by atoms with Crippen molar-refractivity contribution in [1.29, 1.82) is 0 Å². The number of nitrogens with one attached hydrogen (secondary N) is 1. The Labute approximate surface area is 200 Å². The van der Waals surface area contributed by atoms with Crippen molar-refractivity contribution in [3.05, 3.63) is 88.3 Å². The highest BCUT2D eigenvalue weighted by atomic mass is 19.4. The van der Waals surface area contributed by atoms with Gasteiger partial charge in [0.2, 0.25) is 0 Å². The maximum Gasteiger partial charge on any atom is 0.416 e.